The van der Waals surface area contributed by atoms with Gasteiger partial charge in [-0.3, -0.25) is 0 Å². The first-order chi connectivity index (χ1) is 10.3. The van der Waals surface area contributed by atoms with Crippen LogP contribution in [0.4, 0.5) is 5.69 Å². The minimum absolute atomic E-state index is 0.268. The molecule has 1 atom stereocenters. The quantitative estimate of drug-likeness (QED) is 0.573. The molecule has 21 heavy (non-hydrogen) atoms. The lowest BCUT2D eigenvalue weighted by molar-refractivity contribution is 0.904. The summed E-state index contributed by atoms with van der Waals surface area (Å²) in [5.74, 6) is 0. The average Bonchev–Trinajstić information content (AvgIpc) is 2.95. The Morgan fingerprint density at radius 2 is 1.67 bits per heavy atom. The molecule has 1 unspecified atom stereocenters. The number of hydrogen-bond acceptors (Lipinski definition) is 2. The van der Waals surface area contributed by atoms with Gasteiger partial charge in [0, 0.05) is 20.6 Å². The van der Waals surface area contributed by atoms with Crippen LogP contribution in [0.5, 0.6) is 0 Å². The maximum Gasteiger partial charge on any atom is 0.0590 e. The summed E-state index contributed by atoms with van der Waals surface area (Å²) in [5.41, 5.74) is 3.63. The zero-order chi connectivity index (χ0) is 14.7. The van der Waals surface area contributed by atoms with Gasteiger partial charge in [-0.25, -0.2) is 0 Å². The van der Waals surface area contributed by atoms with E-state index in [1.807, 2.05) is 6.07 Å². The Balaban J connectivity index is 1.92. The second-order valence-electron chi connectivity index (χ2n) is 4.91. The van der Waals surface area contributed by atoms with Crippen LogP contribution >= 0.6 is 27.3 Å². The molecule has 0 amide bonds. The Labute approximate surface area is 137 Å². The Morgan fingerprint density at radius 1 is 0.952 bits per heavy atom. The van der Waals surface area contributed by atoms with Gasteiger partial charge in [-0.15, -0.1) is 11.3 Å². The minimum atomic E-state index is 0.268. The molecule has 3 heteroatoms. The van der Waals surface area contributed by atoms with E-state index < -0.39 is 0 Å². The second kappa shape index (κ2) is 6.46. The predicted octanol–water partition coefficient (Wildman–Crippen LogP) is 6.35. The number of nitrogens with one attached hydrogen (secondary N) is 1. The molecule has 0 aliphatic heterocycles. The summed E-state index contributed by atoms with van der Waals surface area (Å²) in [5, 5.41) is 5.74. The molecule has 1 heterocycles. The largest absolute Gasteiger partial charge is 0.377 e. The Morgan fingerprint density at radius 3 is 2.38 bits per heavy atom. The van der Waals surface area contributed by atoms with Crippen molar-refractivity contribution in [3.8, 4) is 11.1 Å². The van der Waals surface area contributed by atoms with Crippen LogP contribution in [0.1, 0.15) is 17.8 Å². The van der Waals surface area contributed by atoms with Crippen LogP contribution < -0.4 is 5.32 Å². The number of thiophene rings is 1. The molecular formula is C18H16BrNS. The van der Waals surface area contributed by atoms with Crippen molar-refractivity contribution in [1.82, 2.24) is 0 Å². The molecule has 1 N–H and O–H groups in total. The molecule has 0 saturated heterocycles. The lowest BCUT2D eigenvalue weighted by atomic mass is 10.0. The third kappa shape index (κ3) is 3.20. The molecule has 3 aromatic rings. The number of para-hydroxylation sites is 1. The molecule has 0 bridgehead atoms. The average molecular weight is 358 g/mol. The Bertz CT molecular complexity index is 721. The van der Waals surface area contributed by atoms with E-state index in [2.05, 4.69) is 88.1 Å². The van der Waals surface area contributed by atoms with Crippen LogP contribution in [-0.2, 0) is 0 Å². The van der Waals surface area contributed by atoms with Gasteiger partial charge in [0.15, 0.2) is 0 Å². The summed E-state index contributed by atoms with van der Waals surface area (Å²) in [6.07, 6.45) is 0. The lowest BCUT2D eigenvalue weighted by Crippen LogP contribution is -2.06. The highest BCUT2D eigenvalue weighted by Crippen LogP contribution is 2.34. The number of benzene rings is 2. The summed E-state index contributed by atoms with van der Waals surface area (Å²) >= 11 is 5.38. The molecule has 1 nitrogen and oxygen atoms in total. The van der Waals surface area contributed by atoms with E-state index in [4.69, 9.17) is 0 Å². The highest BCUT2D eigenvalue weighted by Gasteiger charge is 2.12. The fraction of sp³-hybridized carbons (Fsp3) is 0.111. The molecule has 0 radical (unpaired) electrons. The highest BCUT2D eigenvalue weighted by atomic mass is 79.9. The van der Waals surface area contributed by atoms with Gasteiger partial charge in [0.1, 0.15) is 0 Å². The molecule has 3 rings (SSSR count). The smallest absolute Gasteiger partial charge is 0.0590 e. The third-order valence-electron chi connectivity index (χ3n) is 3.42. The van der Waals surface area contributed by atoms with Gasteiger partial charge in [0.05, 0.1) is 6.04 Å². The molecule has 0 aliphatic rings. The van der Waals surface area contributed by atoms with Gasteiger partial charge < -0.3 is 5.32 Å². The number of rotatable bonds is 4. The van der Waals surface area contributed by atoms with Crippen LogP contribution in [0.2, 0.25) is 0 Å². The molecule has 0 spiro atoms. The number of anilines is 1. The normalized spacial score (nSPS) is 12.1. The van der Waals surface area contributed by atoms with E-state index in [0.29, 0.717) is 0 Å². The summed E-state index contributed by atoms with van der Waals surface area (Å²) in [6, 6.07) is 21.3. The van der Waals surface area contributed by atoms with Gasteiger partial charge in [0.2, 0.25) is 0 Å². The van der Waals surface area contributed by atoms with E-state index >= 15 is 0 Å². The van der Waals surface area contributed by atoms with Gasteiger partial charge in [-0.1, -0.05) is 48.5 Å². The maximum absolute atomic E-state index is 3.63. The first kappa shape index (κ1) is 14.4. The van der Waals surface area contributed by atoms with Crippen molar-refractivity contribution >= 4 is 33.0 Å². The van der Waals surface area contributed by atoms with E-state index in [1.54, 1.807) is 11.3 Å². The fourth-order valence-electron chi connectivity index (χ4n) is 2.39. The monoisotopic (exact) mass is 357 g/mol. The third-order valence-corrected chi connectivity index (χ3v) is 5.48. The fourth-order valence-corrected chi connectivity index (χ4v) is 4.12. The predicted molar refractivity (Wildman–Crippen MR) is 95.9 cm³/mol. The summed E-state index contributed by atoms with van der Waals surface area (Å²) < 4.78 is 1.17. The van der Waals surface area contributed by atoms with Crippen LogP contribution in [0, 0.1) is 0 Å². The molecule has 1 aromatic heterocycles. The van der Waals surface area contributed by atoms with Crippen molar-refractivity contribution in [1.29, 1.82) is 0 Å². The zero-order valence-electron chi connectivity index (χ0n) is 11.7. The first-order valence-corrected chi connectivity index (χ1v) is 8.57. The van der Waals surface area contributed by atoms with E-state index in [-0.39, 0.29) is 6.04 Å². The lowest BCUT2D eigenvalue weighted by Gasteiger charge is -2.18. The van der Waals surface area contributed by atoms with Crippen LogP contribution in [0.15, 0.2) is 70.5 Å². The molecule has 2 aromatic carbocycles. The van der Waals surface area contributed by atoms with Crippen molar-refractivity contribution in [3.63, 3.8) is 0 Å². The Kier molecular flexibility index (Phi) is 4.42. The van der Waals surface area contributed by atoms with E-state index in [9.17, 15) is 0 Å². The van der Waals surface area contributed by atoms with Crippen molar-refractivity contribution in [2.75, 3.05) is 5.32 Å². The minimum Gasteiger partial charge on any atom is -0.377 e. The number of hydrogen-bond donors (Lipinski definition) is 1. The molecule has 0 saturated carbocycles. The van der Waals surface area contributed by atoms with Crippen molar-refractivity contribution in [3.05, 3.63) is 75.4 Å². The van der Waals surface area contributed by atoms with Gasteiger partial charge in [-0.2, -0.15) is 0 Å². The van der Waals surface area contributed by atoms with Crippen LogP contribution in [0.25, 0.3) is 11.1 Å². The van der Waals surface area contributed by atoms with Crippen molar-refractivity contribution in [2.45, 2.75) is 13.0 Å². The molecule has 106 valence electrons. The highest BCUT2D eigenvalue weighted by molar-refractivity contribution is 9.10. The van der Waals surface area contributed by atoms with Crippen molar-refractivity contribution in [2.24, 2.45) is 0 Å². The standard InChI is InChI=1S/C18H16BrNS/c1-13(18-16(19)11-12-21-18)20-17-10-6-5-9-15(17)14-7-3-2-4-8-14/h2-13,20H,1H3. The van der Waals surface area contributed by atoms with Crippen LogP contribution in [0.3, 0.4) is 0 Å². The second-order valence-corrected chi connectivity index (χ2v) is 6.71. The van der Waals surface area contributed by atoms with Gasteiger partial charge in [0.25, 0.3) is 0 Å². The van der Waals surface area contributed by atoms with Crippen LogP contribution in [-0.4, -0.2) is 0 Å². The molecule has 0 fully saturated rings. The summed E-state index contributed by atoms with van der Waals surface area (Å²) in [7, 11) is 0. The number of halogens is 1. The zero-order valence-corrected chi connectivity index (χ0v) is 14.1. The topological polar surface area (TPSA) is 12.0 Å². The summed E-state index contributed by atoms with van der Waals surface area (Å²) in [4.78, 5) is 1.32. The Hall–Kier alpha value is -1.58. The summed E-state index contributed by atoms with van der Waals surface area (Å²) in [6.45, 7) is 2.19. The van der Waals surface area contributed by atoms with E-state index in [1.165, 1.54) is 20.5 Å². The SMILES string of the molecule is CC(Nc1ccccc1-c1ccccc1)c1sccc1Br. The van der Waals surface area contributed by atoms with Gasteiger partial charge >= 0.3 is 0 Å². The molecule has 0 aliphatic carbocycles. The first-order valence-electron chi connectivity index (χ1n) is 6.89. The molecular weight excluding hydrogens is 342 g/mol. The van der Waals surface area contributed by atoms with Crippen molar-refractivity contribution < 1.29 is 0 Å². The maximum atomic E-state index is 3.63. The van der Waals surface area contributed by atoms with Gasteiger partial charge in [-0.05, 0) is 45.9 Å². The van der Waals surface area contributed by atoms with E-state index in [0.717, 1.165) is 5.69 Å².